The molecule has 1 aromatic carbocycles. The molecule has 1 atom stereocenters. The summed E-state index contributed by atoms with van der Waals surface area (Å²) in [5.41, 5.74) is 0. The number of rotatable bonds is 5. The first-order valence-corrected chi connectivity index (χ1v) is 8.59. The molecule has 1 heterocycles. The minimum absolute atomic E-state index is 0. The zero-order valence-electron chi connectivity index (χ0n) is 14.2. The molecule has 1 fully saturated rings. The summed E-state index contributed by atoms with van der Waals surface area (Å²) < 4.78 is 5.85. The molecule has 2 N–H and O–H groups in total. The van der Waals surface area contributed by atoms with Crippen LogP contribution in [-0.4, -0.2) is 54.4 Å². The number of hydrogen-bond donors (Lipinski definition) is 2. The summed E-state index contributed by atoms with van der Waals surface area (Å²) in [6, 6.07) is 7.39. The smallest absolute Gasteiger partial charge is 0.194 e. The van der Waals surface area contributed by atoms with E-state index < -0.39 is 0 Å². The summed E-state index contributed by atoms with van der Waals surface area (Å²) >= 11 is 5.97. The lowest BCUT2D eigenvalue weighted by Crippen LogP contribution is -2.47. The number of hydrogen-bond acceptors (Lipinski definition) is 3. The van der Waals surface area contributed by atoms with Gasteiger partial charge in [0.1, 0.15) is 11.9 Å². The molecule has 1 aliphatic heterocycles. The van der Waals surface area contributed by atoms with Gasteiger partial charge < -0.3 is 20.1 Å². The van der Waals surface area contributed by atoms with Crippen molar-refractivity contribution in [2.75, 3.05) is 26.2 Å². The number of guanidine groups is 1. The summed E-state index contributed by atoms with van der Waals surface area (Å²) in [5.74, 6) is 1.65. The molecule has 0 amide bonds. The van der Waals surface area contributed by atoms with Crippen LogP contribution in [0.2, 0.25) is 5.02 Å². The van der Waals surface area contributed by atoms with Crippen molar-refractivity contribution in [3.05, 3.63) is 29.3 Å². The molecule has 1 aromatic rings. The number of aliphatic hydroxyl groups excluding tert-OH is 1. The molecule has 7 heteroatoms. The highest BCUT2D eigenvalue weighted by Crippen LogP contribution is 2.18. The zero-order chi connectivity index (χ0) is 16.7. The summed E-state index contributed by atoms with van der Waals surface area (Å²) in [5, 5.41) is 13.6. The predicted octanol–water partition coefficient (Wildman–Crippen LogP) is 3.15. The van der Waals surface area contributed by atoms with E-state index >= 15 is 0 Å². The minimum Gasteiger partial charge on any atom is -0.489 e. The lowest BCUT2D eigenvalue weighted by atomic mass is 10.1. The fourth-order valence-electron chi connectivity index (χ4n) is 2.53. The van der Waals surface area contributed by atoms with Gasteiger partial charge in [0.2, 0.25) is 0 Å². The Morgan fingerprint density at radius 2 is 2.17 bits per heavy atom. The van der Waals surface area contributed by atoms with E-state index in [-0.39, 0.29) is 36.2 Å². The average Bonchev–Trinajstić information content (AvgIpc) is 2.52. The molecule has 0 saturated carbocycles. The Morgan fingerprint density at radius 1 is 1.46 bits per heavy atom. The highest BCUT2D eigenvalue weighted by Gasteiger charge is 2.19. The van der Waals surface area contributed by atoms with E-state index in [2.05, 4.69) is 22.1 Å². The SMILES string of the molecule is CCNC(=NCC(C)Oc1cccc(Cl)c1)N1CCC(O)CC1.I. The Kier molecular flexibility index (Phi) is 9.76. The van der Waals surface area contributed by atoms with E-state index in [1.165, 1.54) is 0 Å². The third-order valence-corrected chi connectivity index (χ3v) is 3.97. The van der Waals surface area contributed by atoms with Crippen molar-refractivity contribution in [1.82, 2.24) is 10.2 Å². The number of halogens is 2. The highest BCUT2D eigenvalue weighted by atomic mass is 127. The molecule has 136 valence electrons. The van der Waals surface area contributed by atoms with Gasteiger partial charge in [-0.2, -0.15) is 0 Å². The fourth-order valence-corrected chi connectivity index (χ4v) is 2.71. The zero-order valence-corrected chi connectivity index (χ0v) is 17.3. The van der Waals surface area contributed by atoms with Gasteiger partial charge >= 0.3 is 0 Å². The Hall–Kier alpha value is -0.730. The third-order valence-electron chi connectivity index (χ3n) is 3.73. The molecular formula is C17H27ClIN3O2. The molecule has 2 rings (SSSR count). The van der Waals surface area contributed by atoms with Gasteiger partial charge in [-0.15, -0.1) is 24.0 Å². The monoisotopic (exact) mass is 467 g/mol. The summed E-state index contributed by atoms with van der Waals surface area (Å²) in [4.78, 5) is 6.87. The van der Waals surface area contributed by atoms with Gasteiger partial charge in [-0.25, -0.2) is 4.99 Å². The third kappa shape index (κ3) is 7.03. The van der Waals surface area contributed by atoms with Crippen molar-refractivity contribution in [2.24, 2.45) is 4.99 Å². The molecule has 24 heavy (non-hydrogen) atoms. The Labute approximate surface area is 166 Å². The van der Waals surface area contributed by atoms with Crippen molar-refractivity contribution in [3.63, 3.8) is 0 Å². The maximum Gasteiger partial charge on any atom is 0.194 e. The lowest BCUT2D eigenvalue weighted by molar-refractivity contribution is 0.107. The van der Waals surface area contributed by atoms with E-state index in [1.54, 1.807) is 6.07 Å². The Morgan fingerprint density at radius 3 is 2.79 bits per heavy atom. The molecule has 0 aromatic heterocycles. The minimum atomic E-state index is -0.181. The van der Waals surface area contributed by atoms with Crippen LogP contribution in [-0.2, 0) is 0 Å². The van der Waals surface area contributed by atoms with E-state index in [1.807, 2.05) is 25.1 Å². The number of piperidine rings is 1. The molecule has 1 aliphatic rings. The fraction of sp³-hybridized carbons (Fsp3) is 0.588. The first-order valence-electron chi connectivity index (χ1n) is 8.22. The Balaban J connectivity index is 0.00000288. The molecule has 5 nitrogen and oxygen atoms in total. The quantitative estimate of drug-likeness (QED) is 0.397. The molecule has 0 bridgehead atoms. The molecule has 0 radical (unpaired) electrons. The van der Waals surface area contributed by atoms with Crippen LogP contribution in [0, 0.1) is 0 Å². The molecule has 0 aliphatic carbocycles. The molecule has 1 saturated heterocycles. The number of nitrogens with zero attached hydrogens (tertiary/aromatic N) is 2. The molecule has 0 spiro atoms. The summed E-state index contributed by atoms with van der Waals surface area (Å²) in [6.07, 6.45) is 1.36. The summed E-state index contributed by atoms with van der Waals surface area (Å²) in [6.45, 7) is 7.09. The second-order valence-corrected chi connectivity index (χ2v) is 6.24. The van der Waals surface area contributed by atoms with Crippen LogP contribution in [0.5, 0.6) is 5.75 Å². The van der Waals surface area contributed by atoms with Crippen LogP contribution in [0.1, 0.15) is 26.7 Å². The number of aliphatic imine (C=N–C) groups is 1. The van der Waals surface area contributed by atoms with E-state index in [0.29, 0.717) is 11.6 Å². The van der Waals surface area contributed by atoms with Gasteiger partial charge in [-0.1, -0.05) is 17.7 Å². The van der Waals surface area contributed by atoms with Gasteiger partial charge in [0.05, 0.1) is 12.6 Å². The first-order chi connectivity index (χ1) is 11.1. The van der Waals surface area contributed by atoms with Gasteiger partial charge in [0.25, 0.3) is 0 Å². The van der Waals surface area contributed by atoms with Crippen LogP contribution < -0.4 is 10.1 Å². The number of nitrogens with one attached hydrogen (secondary N) is 1. The summed E-state index contributed by atoms with van der Waals surface area (Å²) in [7, 11) is 0. The van der Waals surface area contributed by atoms with Crippen LogP contribution >= 0.6 is 35.6 Å². The van der Waals surface area contributed by atoms with Crippen molar-refractivity contribution in [2.45, 2.75) is 38.9 Å². The first kappa shape index (κ1) is 21.3. The van der Waals surface area contributed by atoms with Gasteiger partial charge in [-0.3, -0.25) is 0 Å². The van der Waals surface area contributed by atoms with Crippen LogP contribution in [0.25, 0.3) is 0 Å². The van der Waals surface area contributed by atoms with Crippen LogP contribution in [0.15, 0.2) is 29.3 Å². The number of benzene rings is 1. The maximum atomic E-state index is 9.63. The second kappa shape index (κ2) is 11.0. The van der Waals surface area contributed by atoms with Crippen LogP contribution in [0.4, 0.5) is 0 Å². The van der Waals surface area contributed by atoms with Crippen molar-refractivity contribution in [1.29, 1.82) is 0 Å². The van der Waals surface area contributed by atoms with Crippen molar-refractivity contribution >= 4 is 41.5 Å². The predicted molar refractivity (Wildman–Crippen MR) is 110 cm³/mol. The number of ether oxygens (including phenoxy) is 1. The van der Waals surface area contributed by atoms with E-state index in [9.17, 15) is 5.11 Å². The molecular weight excluding hydrogens is 441 g/mol. The second-order valence-electron chi connectivity index (χ2n) is 5.80. The topological polar surface area (TPSA) is 57.1 Å². The van der Waals surface area contributed by atoms with Crippen LogP contribution in [0.3, 0.4) is 0 Å². The van der Waals surface area contributed by atoms with Gasteiger partial charge in [0, 0.05) is 24.7 Å². The van der Waals surface area contributed by atoms with Gasteiger partial charge in [-0.05, 0) is 44.9 Å². The molecule has 1 unspecified atom stereocenters. The largest absolute Gasteiger partial charge is 0.489 e. The number of likely N-dealkylation sites (tertiary alicyclic amines) is 1. The van der Waals surface area contributed by atoms with Crippen molar-refractivity contribution in [3.8, 4) is 5.75 Å². The Bertz CT molecular complexity index is 522. The highest BCUT2D eigenvalue weighted by molar-refractivity contribution is 14.0. The standard InChI is InChI=1S/C17H26ClN3O2.HI/c1-3-19-17(21-9-7-15(22)8-10-21)20-12-13(2)23-16-6-4-5-14(18)11-16;/h4-6,11,13,15,22H,3,7-10,12H2,1-2H3,(H,19,20);1H. The van der Waals surface area contributed by atoms with E-state index in [4.69, 9.17) is 16.3 Å². The normalized spacial score (nSPS) is 17.2. The lowest BCUT2D eigenvalue weighted by Gasteiger charge is -2.32. The number of aliphatic hydroxyl groups is 1. The van der Waals surface area contributed by atoms with E-state index in [0.717, 1.165) is 44.2 Å². The van der Waals surface area contributed by atoms with Crippen molar-refractivity contribution < 1.29 is 9.84 Å². The average molecular weight is 468 g/mol. The maximum absolute atomic E-state index is 9.63. The van der Waals surface area contributed by atoms with Gasteiger partial charge in [0.15, 0.2) is 5.96 Å².